The van der Waals surface area contributed by atoms with Crippen LogP contribution >= 0.6 is 0 Å². The monoisotopic (exact) mass is 355 g/mol. The van der Waals surface area contributed by atoms with E-state index in [1.807, 2.05) is 13.8 Å². The number of amides is 1. The van der Waals surface area contributed by atoms with Gasteiger partial charge in [0.15, 0.2) is 15.7 Å². The summed E-state index contributed by atoms with van der Waals surface area (Å²) < 4.78 is 42.0. The lowest BCUT2D eigenvalue weighted by molar-refractivity contribution is -0.115. The standard InChI is InChI=1S/C15H18FN3O4S/c1-10(2)15-18-14(23-19-15)9-24(21,22)7-6-13(20)17-12-5-3-4-11(16)8-12/h3-5,8,10H,6-7,9H2,1-2H3,(H,17,20). The van der Waals surface area contributed by atoms with Gasteiger partial charge in [-0.2, -0.15) is 4.98 Å². The molecular weight excluding hydrogens is 337 g/mol. The number of benzene rings is 1. The van der Waals surface area contributed by atoms with Gasteiger partial charge < -0.3 is 9.84 Å². The minimum atomic E-state index is -3.57. The highest BCUT2D eigenvalue weighted by molar-refractivity contribution is 7.90. The molecule has 1 N–H and O–H groups in total. The van der Waals surface area contributed by atoms with Crippen LogP contribution in [0.2, 0.25) is 0 Å². The van der Waals surface area contributed by atoms with E-state index in [2.05, 4.69) is 15.5 Å². The van der Waals surface area contributed by atoms with E-state index >= 15 is 0 Å². The molecule has 0 aliphatic rings. The number of rotatable bonds is 7. The van der Waals surface area contributed by atoms with Gasteiger partial charge in [0.1, 0.15) is 11.6 Å². The Hall–Kier alpha value is -2.29. The van der Waals surface area contributed by atoms with Gasteiger partial charge in [0.05, 0.1) is 5.75 Å². The zero-order valence-electron chi connectivity index (χ0n) is 13.3. The maximum absolute atomic E-state index is 13.0. The molecule has 1 heterocycles. The summed E-state index contributed by atoms with van der Waals surface area (Å²) in [4.78, 5) is 15.8. The van der Waals surface area contributed by atoms with Gasteiger partial charge in [-0.15, -0.1) is 0 Å². The largest absolute Gasteiger partial charge is 0.338 e. The Morgan fingerprint density at radius 2 is 2.12 bits per heavy atom. The van der Waals surface area contributed by atoms with Crippen molar-refractivity contribution in [2.45, 2.75) is 31.9 Å². The molecule has 0 spiro atoms. The predicted octanol–water partition coefficient (Wildman–Crippen LogP) is 2.28. The molecule has 7 nitrogen and oxygen atoms in total. The number of anilines is 1. The van der Waals surface area contributed by atoms with Crippen molar-refractivity contribution in [3.05, 3.63) is 41.8 Å². The first-order valence-corrected chi connectivity index (χ1v) is 9.15. The average Bonchev–Trinajstić information content (AvgIpc) is 2.93. The Balaban J connectivity index is 1.88. The fourth-order valence-corrected chi connectivity index (χ4v) is 2.99. The molecule has 0 aliphatic heterocycles. The highest BCUT2D eigenvalue weighted by atomic mass is 32.2. The van der Waals surface area contributed by atoms with E-state index in [-0.39, 0.29) is 29.7 Å². The molecule has 1 aromatic heterocycles. The van der Waals surface area contributed by atoms with E-state index in [0.717, 1.165) is 6.07 Å². The molecule has 24 heavy (non-hydrogen) atoms. The molecule has 0 aliphatic carbocycles. The van der Waals surface area contributed by atoms with Crippen LogP contribution in [-0.4, -0.2) is 30.2 Å². The summed E-state index contributed by atoms with van der Waals surface area (Å²) in [6.07, 6.45) is -0.246. The average molecular weight is 355 g/mol. The van der Waals surface area contributed by atoms with Gasteiger partial charge in [0, 0.05) is 18.0 Å². The molecule has 0 fully saturated rings. The molecule has 0 bridgehead atoms. The molecule has 0 atom stereocenters. The molecular formula is C15H18FN3O4S. The molecule has 1 aromatic carbocycles. The summed E-state index contributed by atoms with van der Waals surface area (Å²) in [6.45, 7) is 3.72. The van der Waals surface area contributed by atoms with Crippen molar-refractivity contribution in [1.82, 2.24) is 10.1 Å². The lowest BCUT2D eigenvalue weighted by Gasteiger charge is -2.05. The number of sulfone groups is 1. The normalized spacial score (nSPS) is 11.7. The molecule has 9 heteroatoms. The Morgan fingerprint density at radius 1 is 1.38 bits per heavy atom. The van der Waals surface area contributed by atoms with Crippen molar-refractivity contribution in [1.29, 1.82) is 0 Å². The number of halogens is 1. The Bertz CT molecular complexity index is 818. The van der Waals surface area contributed by atoms with Gasteiger partial charge in [-0.3, -0.25) is 4.79 Å². The predicted molar refractivity (Wildman–Crippen MR) is 85.5 cm³/mol. The van der Waals surface area contributed by atoms with Gasteiger partial charge in [0.25, 0.3) is 0 Å². The van der Waals surface area contributed by atoms with Gasteiger partial charge in [0.2, 0.25) is 11.8 Å². The smallest absolute Gasteiger partial charge is 0.241 e. The third-order valence-electron chi connectivity index (χ3n) is 3.09. The number of nitrogens with one attached hydrogen (secondary N) is 1. The molecule has 0 saturated carbocycles. The van der Waals surface area contributed by atoms with E-state index in [1.54, 1.807) is 0 Å². The van der Waals surface area contributed by atoms with E-state index in [9.17, 15) is 17.6 Å². The first-order chi connectivity index (χ1) is 11.2. The first-order valence-electron chi connectivity index (χ1n) is 7.33. The molecule has 130 valence electrons. The third-order valence-corrected chi connectivity index (χ3v) is 4.60. The number of carbonyl (C=O) groups is 1. The Kier molecular flexibility index (Phi) is 5.66. The number of nitrogens with zero attached hydrogens (tertiary/aromatic N) is 2. The Labute approximate surface area is 139 Å². The van der Waals surface area contributed by atoms with E-state index in [0.29, 0.717) is 5.82 Å². The maximum atomic E-state index is 13.0. The topological polar surface area (TPSA) is 102 Å². The summed E-state index contributed by atoms with van der Waals surface area (Å²) >= 11 is 0. The molecule has 2 aromatic rings. The van der Waals surface area contributed by atoms with Crippen molar-refractivity contribution in [2.75, 3.05) is 11.1 Å². The second-order valence-electron chi connectivity index (χ2n) is 5.60. The fraction of sp³-hybridized carbons (Fsp3) is 0.400. The summed E-state index contributed by atoms with van der Waals surface area (Å²) in [5.41, 5.74) is 0.274. The number of hydrogen-bond donors (Lipinski definition) is 1. The van der Waals surface area contributed by atoms with Crippen LogP contribution in [0, 0.1) is 5.82 Å². The van der Waals surface area contributed by atoms with Gasteiger partial charge in [-0.05, 0) is 18.2 Å². The quantitative estimate of drug-likeness (QED) is 0.817. The number of aromatic nitrogens is 2. The van der Waals surface area contributed by atoms with Crippen LogP contribution in [0.15, 0.2) is 28.8 Å². The van der Waals surface area contributed by atoms with Crippen molar-refractivity contribution in [2.24, 2.45) is 0 Å². The maximum Gasteiger partial charge on any atom is 0.241 e. The van der Waals surface area contributed by atoms with E-state index in [4.69, 9.17) is 4.52 Å². The number of hydrogen-bond acceptors (Lipinski definition) is 6. The van der Waals surface area contributed by atoms with Crippen LogP contribution in [-0.2, 0) is 20.4 Å². The molecule has 0 radical (unpaired) electrons. The first kappa shape index (κ1) is 18.1. The summed E-state index contributed by atoms with van der Waals surface area (Å²) in [7, 11) is -3.57. The van der Waals surface area contributed by atoms with Crippen LogP contribution in [0.25, 0.3) is 0 Å². The van der Waals surface area contributed by atoms with E-state index < -0.39 is 27.3 Å². The fourth-order valence-electron chi connectivity index (χ4n) is 1.86. The minimum Gasteiger partial charge on any atom is -0.338 e. The van der Waals surface area contributed by atoms with Crippen LogP contribution < -0.4 is 5.32 Å². The zero-order chi connectivity index (χ0) is 17.7. The molecule has 0 unspecified atom stereocenters. The SMILES string of the molecule is CC(C)c1noc(CS(=O)(=O)CCC(=O)Nc2cccc(F)c2)n1. The lowest BCUT2D eigenvalue weighted by atomic mass is 10.2. The van der Waals surface area contributed by atoms with Crippen molar-refractivity contribution in [3.63, 3.8) is 0 Å². The number of carbonyl (C=O) groups excluding carboxylic acids is 1. The van der Waals surface area contributed by atoms with Crippen LogP contribution in [0.1, 0.15) is 37.9 Å². The summed E-state index contributed by atoms with van der Waals surface area (Å²) in [5.74, 6) is -1.32. The lowest BCUT2D eigenvalue weighted by Crippen LogP contribution is -2.18. The third kappa shape index (κ3) is 5.41. The minimum absolute atomic E-state index is 0.00392. The van der Waals surface area contributed by atoms with Crippen molar-refractivity contribution < 1.29 is 22.1 Å². The van der Waals surface area contributed by atoms with Gasteiger partial charge in [-0.1, -0.05) is 25.1 Å². The van der Waals surface area contributed by atoms with Crippen LogP contribution in [0.3, 0.4) is 0 Å². The Morgan fingerprint density at radius 3 is 2.75 bits per heavy atom. The van der Waals surface area contributed by atoms with Gasteiger partial charge >= 0.3 is 0 Å². The highest BCUT2D eigenvalue weighted by Gasteiger charge is 2.19. The summed E-state index contributed by atoms with van der Waals surface area (Å²) in [5, 5.41) is 6.14. The van der Waals surface area contributed by atoms with Crippen molar-refractivity contribution in [3.8, 4) is 0 Å². The molecule has 2 rings (SSSR count). The summed E-state index contributed by atoms with van der Waals surface area (Å²) in [6, 6.07) is 5.36. The molecule has 0 saturated heterocycles. The van der Waals surface area contributed by atoms with Crippen LogP contribution in [0.4, 0.5) is 10.1 Å². The van der Waals surface area contributed by atoms with E-state index in [1.165, 1.54) is 18.2 Å². The van der Waals surface area contributed by atoms with Crippen molar-refractivity contribution >= 4 is 21.4 Å². The van der Waals surface area contributed by atoms with Crippen LogP contribution in [0.5, 0.6) is 0 Å². The second-order valence-corrected chi connectivity index (χ2v) is 7.79. The zero-order valence-corrected chi connectivity index (χ0v) is 14.1. The van der Waals surface area contributed by atoms with Gasteiger partial charge in [-0.25, -0.2) is 12.8 Å². The highest BCUT2D eigenvalue weighted by Crippen LogP contribution is 2.13. The molecule has 1 amide bonds. The second kappa shape index (κ2) is 7.52.